The number of halogens is 2. The Balaban J connectivity index is 2.51. The van der Waals surface area contributed by atoms with Gasteiger partial charge in [0.2, 0.25) is 0 Å². The van der Waals surface area contributed by atoms with Crippen molar-refractivity contribution in [1.29, 1.82) is 0 Å². The van der Waals surface area contributed by atoms with Crippen LogP contribution in [-0.2, 0) is 6.54 Å². The lowest BCUT2D eigenvalue weighted by Gasteiger charge is -2.08. The van der Waals surface area contributed by atoms with Crippen LogP contribution in [0.25, 0.3) is 0 Å². The topological polar surface area (TPSA) is 38.0 Å². The molecule has 0 fully saturated rings. The number of hydrogen-bond donors (Lipinski definition) is 2. The van der Waals surface area contributed by atoms with E-state index in [0.29, 0.717) is 10.0 Å². The smallest absolute Gasteiger partial charge is 0.0465 e. The van der Waals surface area contributed by atoms with Crippen molar-refractivity contribution in [3.63, 3.8) is 0 Å². The van der Waals surface area contributed by atoms with E-state index in [1.54, 1.807) is 6.07 Å². The number of nitrogens with one attached hydrogen (secondary N) is 1. The Labute approximate surface area is 94.4 Å². The fourth-order valence-electron chi connectivity index (χ4n) is 1.10. The van der Waals surface area contributed by atoms with Crippen LogP contribution < -0.4 is 11.1 Å². The molecule has 0 aliphatic carbocycles. The average molecular weight is 233 g/mol. The summed E-state index contributed by atoms with van der Waals surface area (Å²) in [5.74, 6) is 0. The Morgan fingerprint density at radius 2 is 2.14 bits per heavy atom. The number of benzene rings is 1. The van der Waals surface area contributed by atoms with Gasteiger partial charge in [-0.2, -0.15) is 0 Å². The van der Waals surface area contributed by atoms with Gasteiger partial charge < -0.3 is 11.1 Å². The lowest BCUT2D eigenvalue weighted by atomic mass is 10.2. The van der Waals surface area contributed by atoms with Crippen molar-refractivity contribution in [2.45, 2.75) is 19.5 Å². The minimum atomic E-state index is 0.154. The van der Waals surface area contributed by atoms with Crippen LogP contribution in [0.4, 0.5) is 0 Å². The Morgan fingerprint density at radius 3 is 2.71 bits per heavy atom. The van der Waals surface area contributed by atoms with E-state index < -0.39 is 0 Å². The van der Waals surface area contributed by atoms with Crippen LogP contribution in [0, 0.1) is 0 Å². The van der Waals surface area contributed by atoms with Crippen molar-refractivity contribution in [2.24, 2.45) is 5.73 Å². The predicted molar refractivity (Wildman–Crippen MR) is 61.8 cm³/mol. The van der Waals surface area contributed by atoms with Gasteiger partial charge in [-0.05, 0) is 24.6 Å². The van der Waals surface area contributed by atoms with E-state index in [4.69, 9.17) is 28.9 Å². The molecule has 0 aliphatic rings. The first-order valence-electron chi connectivity index (χ1n) is 4.50. The van der Waals surface area contributed by atoms with Crippen molar-refractivity contribution in [3.8, 4) is 0 Å². The fourth-order valence-corrected chi connectivity index (χ4v) is 1.57. The molecule has 4 heteroatoms. The van der Waals surface area contributed by atoms with Gasteiger partial charge in [-0.15, -0.1) is 0 Å². The minimum Gasteiger partial charge on any atom is -0.327 e. The number of rotatable bonds is 4. The number of nitrogens with two attached hydrogens (primary N) is 1. The second kappa shape index (κ2) is 5.56. The fraction of sp³-hybridized carbons (Fsp3) is 0.400. The van der Waals surface area contributed by atoms with Gasteiger partial charge in [-0.3, -0.25) is 0 Å². The van der Waals surface area contributed by atoms with E-state index in [9.17, 15) is 0 Å². The summed E-state index contributed by atoms with van der Waals surface area (Å²) in [7, 11) is 0. The Morgan fingerprint density at radius 1 is 1.43 bits per heavy atom. The predicted octanol–water partition coefficient (Wildman–Crippen LogP) is 2.43. The van der Waals surface area contributed by atoms with E-state index in [0.717, 1.165) is 18.7 Å². The molecule has 0 bridgehead atoms. The highest BCUT2D eigenvalue weighted by Gasteiger charge is 2.01. The van der Waals surface area contributed by atoms with Gasteiger partial charge in [-0.25, -0.2) is 0 Å². The summed E-state index contributed by atoms with van der Waals surface area (Å²) in [6, 6.07) is 5.64. The molecule has 0 aliphatic heterocycles. The molecule has 2 nitrogen and oxygen atoms in total. The third-order valence-electron chi connectivity index (χ3n) is 1.80. The molecule has 14 heavy (non-hydrogen) atoms. The molecule has 1 rings (SSSR count). The highest BCUT2D eigenvalue weighted by molar-refractivity contribution is 6.35. The molecular weight excluding hydrogens is 219 g/mol. The molecule has 0 heterocycles. The monoisotopic (exact) mass is 232 g/mol. The molecule has 0 amide bonds. The lowest BCUT2D eigenvalue weighted by molar-refractivity contribution is 0.608. The molecule has 0 saturated heterocycles. The van der Waals surface area contributed by atoms with Crippen LogP contribution >= 0.6 is 23.2 Å². The molecule has 1 aromatic carbocycles. The largest absolute Gasteiger partial charge is 0.327 e. The van der Waals surface area contributed by atoms with Crippen LogP contribution in [0.2, 0.25) is 10.0 Å². The van der Waals surface area contributed by atoms with Crippen LogP contribution in [0.15, 0.2) is 18.2 Å². The molecule has 1 aromatic rings. The second-order valence-corrected chi connectivity index (χ2v) is 4.19. The molecule has 1 unspecified atom stereocenters. The van der Waals surface area contributed by atoms with Gasteiger partial charge in [-0.1, -0.05) is 29.3 Å². The zero-order valence-corrected chi connectivity index (χ0v) is 9.57. The van der Waals surface area contributed by atoms with Crippen LogP contribution in [0.5, 0.6) is 0 Å². The summed E-state index contributed by atoms with van der Waals surface area (Å²) in [5, 5.41) is 4.56. The van der Waals surface area contributed by atoms with E-state index >= 15 is 0 Å². The van der Waals surface area contributed by atoms with Gasteiger partial charge in [0.1, 0.15) is 0 Å². The van der Waals surface area contributed by atoms with E-state index in [-0.39, 0.29) is 6.04 Å². The molecule has 0 radical (unpaired) electrons. The molecule has 3 N–H and O–H groups in total. The number of hydrogen-bond acceptors (Lipinski definition) is 2. The van der Waals surface area contributed by atoms with Gasteiger partial charge >= 0.3 is 0 Å². The van der Waals surface area contributed by atoms with Crippen molar-refractivity contribution < 1.29 is 0 Å². The van der Waals surface area contributed by atoms with Gasteiger partial charge in [0.05, 0.1) is 0 Å². The third-order valence-corrected chi connectivity index (χ3v) is 2.38. The quantitative estimate of drug-likeness (QED) is 0.838. The van der Waals surface area contributed by atoms with Gasteiger partial charge in [0, 0.05) is 29.2 Å². The Bertz CT molecular complexity index is 300. The maximum atomic E-state index is 5.99. The standard InChI is InChI=1S/C10H14Cl2N2/c1-7(13)5-14-6-8-2-3-9(11)4-10(8)12/h2-4,7,14H,5-6,13H2,1H3. The molecule has 0 spiro atoms. The first kappa shape index (κ1) is 11.8. The summed E-state index contributed by atoms with van der Waals surface area (Å²) in [5.41, 5.74) is 6.64. The zero-order chi connectivity index (χ0) is 10.6. The molecule has 0 aromatic heterocycles. The average Bonchev–Trinajstić information content (AvgIpc) is 2.08. The molecule has 0 saturated carbocycles. The molecule has 1 atom stereocenters. The van der Waals surface area contributed by atoms with Crippen molar-refractivity contribution in [3.05, 3.63) is 33.8 Å². The maximum absolute atomic E-state index is 5.99. The lowest BCUT2D eigenvalue weighted by Crippen LogP contribution is -2.30. The summed E-state index contributed by atoms with van der Waals surface area (Å²) >= 11 is 11.8. The minimum absolute atomic E-state index is 0.154. The van der Waals surface area contributed by atoms with Crippen molar-refractivity contribution in [2.75, 3.05) is 6.54 Å². The highest BCUT2D eigenvalue weighted by Crippen LogP contribution is 2.20. The van der Waals surface area contributed by atoms with Gasteiger partial charge in [0.15, 0.2) is 0 Å². The third kappa shape index (κ3) is 3.84. The second-order valence-electron chi connectivity index (χ2n) is 3.34. The zero-order valence-electron chi connectivity index (χ0n) is 8.06. The SMILES string of the molecule is CC(N)CNCc1ccc(Cl)cc1Cl. The Hall–Kier alpha value is -0.280. The van der Waals surface area contributed by atoms with Crippen LogP contribution in [0.1, 0.15) is 12.5 Å². The van der Waals surface area contributed by atoms with E-state index in [1.165, 1.54) is 0 Å². The van der Waals surface area contributed by atoms with E-state index in [1.807, 2.05) is 19.1 Å². The van der Waals surface area contributed by atoms with Crippen LogP contribution in [0.3, 0.4) is 0 Å². The maximum Gasteiger partial charge on any atom is 0.0465 e. The summed E-state index contributed by atoms with van der Waals surface area (Å²) in [4.78, 5) is 0. The molecule has 78 valence electrons. The molecular formula is C10H14Cl2N2. The summed E-state index contributed by atoms with van der Waals surface area (Å²) < 4.78 is 0. The van der Waals surface area contributed by atoms with Gasteiger partial charge in [0.25, 0.3) is 0 Å². The normalized spacial score (nSPS) is 12.9. The Kier molecular flexibility index (Phi) is 4.69. The summed E-state index contributed by atoms with van der Waals surface area (Å²) in [6.45, 7) is 3.45. The summed E-state index contributed by atoms with van der Waals surface area (Å²) in [6.07, 6.45) is 0. The first-order valence-corrected chi connectivity index (χ1v) is 5.25. The first-order chi connectivity index (χ1) is 6.59. The van der Waals surface area contributed by atoms with E-state index in [2.05, 4.69) is 5.32 Å². The van der Waals surface area contributed by atoms with Crippen molar-refractivity contribution >= 4 is 23.2 Å². The highest BCUT2D eigenvalue weighted by atomic mass is 35.5. The van der Waals surface area contributed by atoms with Crippen molar-refractivity contribution in [1.82, 2.24) is 5.32 Å². The van der Waals surface area contributed by atoms with Crippen LogP contribution in [-0.4, -0.2) is 12.6 Å².